The fourth-order valence-electron chi connectivity index (χ4n) is 2.25. The molecule has 90 valence electrons. The van der Waals surface area contributed by atoms with Crippen molar-refractivity contribution in [3.8, 4) is 0 Å². The van der Waals surface area contributed by atoms with E-state index >= 15 is 0 Å². The second-order valence-electron chi connectivity index (χ2n) is 5.06. The molecular weight excluding hydrogens is 208 g/mol. The number of aliphatic carboxylic acids is 1. The summed E-state index contributed by atoms with van der Waals surface area (Å²) >= 11 is 0. The first-order valence-corrected chi connectivity index (χ1v) is 5.83. The molecule has 2 rings (SSSR count). The lowest BCUT2D eigenvalue weighted by molar-refractivity contribution is -0.149. The van der Waals surface area contributed by atoms with Gasteiger partial charge in [0.1, 0.15) is 5.54 Å². The summed E-state index contributed by atoms with van der Waals surface area (Å²) in [5.41, 5.74) is 3.90. The van der Waals surface area contributed by atoms with Crippen molar-refractivity contribution in [2.24, 2.45) is 5.73 Å². The Balaban J connectivity index is 2.07. The van der Waals surface area contributed by atoms with Crippen LogP contribution in [0.2, 0.25) is 0 Å². The van der Waals surface area contributed by atoms with Crippen LogP contribution in [0.5, 0.6) is 0 Å². The van der Waals surface area contributed by atoms with Gasteiger partial charge in [0.2, 0.25) is 5.91 Å². The SMILES string of the molecule is NC1(C(=O)NC2(C(=O)O)CCCCC2)CC1. The highest BCUT2D eigenvalue weighted by atomic mass is 16.4. The number of nitrogens with two attached hydrogens (primary N) is 1. The molecule has 2 saturated carbocycles. The zero-order chi connectivity index (χ0) is 11.8. The van der Waals surface area contributed by atoms with Gasteiger partial charge in [-0.15, -0.1) is 0 Å². The second-order valence-corrected chi connectivity index (χ2v) is 5.06. The zero-order valence-corrected chi connectivity index (χ0v) is 9.29. The number of nitrogens with one attached hydrogen (secondary N) is 1. The van der Waals surface area contributed by atoms with Crippen molar-refractivity contribution >= 4 is 11.9 Å². The van der Waals surface area contributed by atoms with Gasteiger partial charge in [-0.25, -0.2) is 4.79 Å². The summed E-state index contributed by atoms with van der Waals surface area (Å²) < 4.78 is 0. The van der Waals surface area contributed by atoms with E-state index in [1.54, 1.807) is 0 Å². The number of hydrogen-bond donors (Lipinski definition) is 3. The number of rotatable bonds is 3. The van der Waals surface area contributed by atoms with Crippen LogP contribution in [0.3, 0.4) is 0 Å². The van der Waals surface area contributed by atoms with E-state index in [2.05, 4.69) is 5.32 Å². The van der Waals surface area contributed by atoms with Crippen LogP contribution in [0.25, 0.3) is 0 Å². The molecular formula is C11H18N2O3. The third kappa shape index (κ3) is 1.91. The molecule has 5 nitrogen and oxygen atoms in total. The molecule has 0 saturated heterocycles. The summed E-state index contributed by atoms with van der Waals surface area (Å²) in [6.07, 6.45) is 5.10. The summed E-state index contributed by atoms with van der Waals surface area (Å²) in [7, 11) is 0. The Hall–Kier alpha value is -1.10. The number of amides is 1. The number of carboxylic acid groups (broad SMARTS) is 1. The molecule has 0 radical (unpaired) electrons. The van der Waals surface area contributed by atoms with E-state index in [4.69, 9.17) is 5.73 Å². The highest BCUT2D eigenvalue weighted by molar-refractivity contribution is 5.94. The molecule has 0 aliphatic heterocycles. The topological polar surface area (TPSA) is 92.4 Å². The van der Waals surface area contributed by atoms with Crippen LogP contribution in [-0.4, -0.2) is 28.1 Å². The summed E-state index contributed by atoms with van der Waals surface area (Å²) in [6.45, 7) is 0. The fourth-order valence-corrected chi connectivity index (χ4v) is 2.25. The van der Waals surface area contributed by atoms with Crippen LogP contribution in [-0.2, 0) is 9.59 Å². The molecule has 16 heavy (non-hydrogen) atoms. The zero-order valence-electron chi connectivity index (χ0n) is 9.29. The van der Waals surface area contributed by atoms with Gasteiger partial charge >= 0.3 is 5.97 Å². The van der Waals surface area contributed by atoms with Crippen molar-refractivity contribution in [3.05, 3.63) is 0 Å². The molecule has 0 aromatic heterocycles. The van der Waals surface area contributed by atoms with Gasteiger partial charge in [0.05, 0.1) is 5.54 Å². The lowest BCUT2D eigenvalue weighted by atomic mass is 9.81. The van der Waals surface area contributed by atoms with Crippen LogP contribution < -0.4 is 11.1 Å². The average molecular weight is 226 g/mol. The molecule has 0 atom stereocenters. The van der Waals surface area contributed by atoms with Crippen molar-refractivity contribution in [2.75, 3.05) is 0 Å². The third-order valence-electron chi connectivity index (χ3n) is 3.71. The smallest absolute Gasteiger partial charge is 0.329 e. The van der Waals surface area contributed by atoms with E-state index in [0.717, 1.165) is 19.3 Å². The summed E-state index contributed by atoms with van der Waals surface area (Å²) in [5, 5.41) is 11.9. The molecule has 2 aliphatic rings. The fraction of sp³-hybridized carbons (Fsp3) is 0.818. The minimum absolute atomic E-state index is 0.295. The molecule has 2 aliphatic carbocycles. The van der Waals surface area contributed by atoms with Crippen molar-refractivity contribution in [1.82, 2.24) is 5.32 Å². The van der Waals surface area contributed by atoms with Crippen LogP contribution in [0.4, 0.5) is 0 Å². The van der Waals surface area contributed by atoms with E-state index in [9.17, 15) is 14.7 Å². The van der Waals surface area contributed by atoms with Crippen molar-refractivity contribution in [1.29, 1.82) is 0 Å². The van der Waals surface area contributed by atoms with Gasteiger partial charge < -0.3 is 16.2 Å². The van der Waals surface area contributed by atoms with Crippen molar-refractivity contribution in [3.63, 3.8) is 0 Å². The molecule has 0 unspecified atom stereocenters. The van der Waals surface area contributed by atoms with E-state index in [-0.39, 0.29) is 5.91 Å². The first-order chi connectivity index (χ1) is 7.49. The van der Waals surface area contributed by atoms with Gasteiger partial charge in [-0.1, -0.05) is 19.3 Å². The molecule has 4 N–H and O–H groups in total. The molecule has 0 bridgehead atoms. The van der Waals surface area contributed by atoms with Gasteiger partial charge in [0.25, 0.3) is 0 Å². The van der Waals surface area contributed by atoms with Gasteiger partial charge in [-0.3, -0.25) is 4.79 Å². The van der Waals surface area contributed by atoms with Gasteiger partial charge in [-0.2, -0.15) is 0 Å². The van der Waals surface area contributed by atoms with Crippen molar-refractivity contribution < 1.29 is 14.7 Å². The molecule has 5 heteroatoms. The van der Waals surface area contributed by atoms with E-state index < -0.39 is 17.0 Å². The number of hydrogen-bond acceptors (Lipinski definition) is 3. The molecule has 1 amide bonds. The quantitative estimate of drug-likeness (QED) is 0.648. The number of carboxylic acids is 1. The average Bonchev–Trinajstić information content (AvgIpc) is 2.99. The normalized spacial score (nSPS) is 25.8. The minimum atomic E-state index is -1.07. The summed E-state index contributed by atoms with van der Waals surface area (Å²) in [6, 6.07) is 0. The second kappa shape index (κ2) is 3.73. The first-order valence-electron chi connectivity index (χ1n) is 5.83. The maximum Gasteiger partial charge on any atom is 0.329 e. The Labute approximate surface area is 94.4 Å². The Morgan fingerprint density at radius 1 is 1.06 bits per heavy atom. The van der Waals surface area contributed by atoms with Gasteiger partial charge in [-0.05, 0) is 25.7 Å². The maximum absolute atomic E-state index is 11.8. The Morgan fingerprint density at radius 3 is 2.06 bits per heavy atom. The van der Waals surface area contributed by atoms with Crippen LogP contribution in [0.15, 0.2) is 0 Å². The standard InChI is InChI=1S/C11H18N2O3/c12-10(6-7-10)8(14)13-11(9(15)16)4-2-1-3-5-11/h1-7,12H2,(H,13,14)(H,15,16). The largest absolute Gasteiger partial charge is 0.480 e. The Kier molecular flexibility index (Phi) is 2.66. The lowest BCUT2D eigenvalue weighted by Gasteiger charge is -2.34. The third-order valence-corrected chi connectivity index (χ3v) is 3.71. The highest BCUT2D eigenvalue weighted by Crippen LogP contribution is 2.35. The molecule has 0 aromatic carbocycles. The Morgan fingerprint density at radius 2 is 1.62 bits per heavy atom. The predicted molar refractivity (Wildman–Crippen MR) is 57.7 cm³/mol. The first kappa shape index (κ1) is 11.4. The van der Waals surface area contributed by atoms with Gasteiger partial charge in [0.15, 0.2) is 0 Å². The molecule has 0 spiro atoms. The lowest BCUT2D eigenvalue weighted by Crippen LogP contribution is -2.59. The molecule has 0 aromatic rings. The van der Waals surface area contributed by atoms with Crippen LogP contribution in [0.1, 0.15) is 44.9 Å². The van der Waals surface area contributed by atoms with Crippen LogP contribution >= 0.6 is 0 Å². The predicted octanol–water partition coefficient (Wildman–Crippen LogP) is 0.381. The molecule has 0 heterocycles. The maximum atomic E-state index is 11.8. The van der Waals surface area contributed by atoms with E-state index in [0.29, 0.717) is 25.7 Å². The molecule has 2 fully saturated rings. The summed E-state index contributed by atoms with van der Waals surface area (Å²) in [4.78, 5) is 23.1. The minimum Gasteiger partial charge on any atom is -0.480 e. The highest BCUT2D eigenvalue weighted by Gasteiger charge is 2.50. The Bertz CT molecular complexity index is 317. The number of carbonyl (C=O) groups excluding carboxylic acids is 1. The van der Waals surface area contributed by atoms with E-state index in [1.165, 1.54) is 0 Å². The monoisotopic (exact) mass is 226 g/mol. The number of carbonyl (C=O) groups is 2. The van der Waals surface area contributed by atoms with Gasteiger partial charge in [0, 0.05) is 0 Å². The summed E-state index contributed by atoms with van der Waals surface area (Å²) in [5.74, 6) is -1.22. The van der Waals surface area contributed by atoms with E-state index in [1.807, 2.05) is 0 Å². The van der Waals surface area contributed by atoms with Crippen LogP contribution in [0, 0.1) is 0 Å². The van der Waals surface area contributed by atoms with Crippen molar-refractivity contribution in [2.45, 2.75) is 56.0 Å².